The highest BCUT2D eigenvalue weighted by molar-refractivity contribution is 9.10. The zero-order valence-electron chi connectivity index (χ0n) is 16.0. The number of carbonyl (C=O) groups excluding carboxylic acids is 1. The van der Waals surface area contributed by atoms with E-state index in [1.165, 1.54) is 13.2 Å². The lowest BCUT2D eigenvalue weighted by molar-refractivity contribution is -0.112. The maximum absolute atomic E-state index is 12.5. The Kier molecular flexibility index (Phi) is 7.42. The average molecular weight is 441 g/mol. The molecule has 0 saturated carbocycles. The van der Waals surface area contributed by atoms with E-state index in [0.29, 0.717) is 33.8 Å². The Balaban J connectivity index is 2.31. The smallest absolute Gasteiger partial charge is 0.266 e. The lowest BCUT2D eigenvalue weighted by atomic mass is 10.1. The zero-order valence-corrected chi connectivity index (χ0v) is 17.6. The van der Waals surface area contributed by atoms with Gasteiger partial charge in [0.2, 0.25) is 0 Å². The summed E-state index contributed by atoms with van der Waals surface area (Å²) in [4.78, 5) is 12.5. The van der Waals surface area contributed by atoms with Crippen LogP contribution in [-0.2, 0) is 4.79 Å². The Morgan fingerprint density at radius 3 is 2.64 bits per heavy atom. The van der Waals surface area contributed by atoms with Gasteiger partial charge in [-0.3, -0.25) is 4.79 Å². The van der Waals surface area contributed by atoms with Gasteiger partial charge in [-0.15, -0.1) is 0 Å². The van der Waals surface area contributed by atoms with Gasteiger partial charge in [0.15, 0.2) is 11.5 Å². The molecule has 28 heavy (non-hydrogen) atoms. The molecule has 0 atom stereocenters. The second kappa shape index (κ2) is 9.77. The first-order chi connectivity index (χ1) is 13.4. The van der Waals surface area contributed by atoms with Crippen LogP contribution < -0.4 is 14.8 Å². The summed E-state index contributed by atoms with van der Waals surface area (Å²) in [5.41, 5.74) is 3.43. The molecule has 6 heteroatoms. The number of methoxy groups -OCH3 is 1. The number of amides is 1. The van der Waals surface area contributed by atoms with Gasteiger partial charge in [-0.2, -0.15) is 5.26 Å². The highest BCUT2D eigenvalue weighted by atomic mass is 79.9. The molecule has 0 aliphatic carbocycles. The van der Waals surface area contributed by atoms with Crippen molar-refractivity contribution in [3.05, 3.63) is 69.7 Å². The van der Waals surface area contributed by atoms with Gasteiger partial charge >= 0.3 is 0 Å². The maximum Gasteiger partial charge on any atom is 0.266 e. The third kappa shape index (κ3) is 5.24. The number of aryl methyl sites for hydroxylation is 2. The van der Waals surface area contributed by atoms with Crippen molar-refractivity contribution < 1.29 is 14.3 Å². The molecule has 2 rings (SSSR count). The van der Waals surface area contributed by atoms with Crippen LogP contribution in [0.15, 0.2) is 53.0 Å². The molecule has 0 saturated heterocycles. The third-order valence-corrected chi connectivity index (χ3v) is 4.63. The monoisotopic (exact) mass is 440 g/mol. The number of nitriles is 1. The highest BCUT2D eigenvalue weighted by Gasteiger charge is 2.14. The summed E-state index contributed by atoms with van der Waals surface area (Å²) in [7, 11) is 1.52. The van der Waals surface area contributed by atoms with Crippen LogP contribution in [0.3, 0.4) is 0 Å². The average Bonchev–Trinajstić information content (AvgIpc) is 2.67. The fourth-order valence-electron chi connectivity index (χ4n) is 2.44. The lowest BCUT2D eigenvalue weighted by Gasteiger charge is -2.12. The summed E-state index contributed by atoms with van der Waals surface area (Å²) < 4.78 is 11.6. The molecular formula is C22H21BrN2O3. The van der Waals surface area contributed by atoms with Crippen molar-refractivity contribution in [1.82, 2.24) is 0 Å². The molecule has 144 valence electrons. The SMILES string of the molecule is C=CCOc1c(Br)cc(/C=C(\C#N)C(=O)Nc2ccc(C)c(C)c2)cc1OC. The summed E-state index contributed by atoms with van der Waals surface area (Å²) >= 11 is 3.43. The normalized spacial score (nSPS) is 10.8. The molecule has 0 heterocycles. The minimum absolute atomic E-state index is 0.0214. The molecule has 2 aromatic rings. The maximum atomic E-state index is 12.5. The predicted molar refractivity (Wildman–Crippen MR) is 115 cm³/mol. The van der Waals surface area contributed by atoms with E-state index in [-0.39, 0.29) is 5.57 Å². The van der Waals surface area contributed by atoms with Crippen molar-refractivity contribution in [2.75, 3.05) is 19.0 Å². The van der Waals surface area contributed by atoms with E-state index in [9.17, 15) is 10.1 Å². The molecule has 0 aromatic heterocycles. The third-order valence-electron chi connectivity index (χ3n) is 4.04. The molecular weight excluding hydrogens is 420 g/mol. The number of nitrogens with zero attached hydrogens (tertiary/aromatic N) is 1. The number of anilines is 1. The van der Waals surface area contributed by atoms with Gasteiger partial charge in [0.05, 0.1) is 11.6 Å². The quantitative estimate of drug-likeness (QED) is 0.365. The molecule has 0 aliphatic rings. The van der Waals surface area contributed by atoms with Crippen molar-refractivity contribution in [2.24, 2.45) is 0 Å². The summed E-state index contributed by atoms with van der Waals surface area (Å²) in [6.07, 6.45) is 3.13. The van der Waals surface area contributed by atoms with Crippen LogP contribution in [0.25, 0.3) is 6.08 Å². The van der Waals surface area contributed by atoms with Crippen molar-refractivity contribution in [2.45, 2.75) is 13.8 Å². The Morgan fingerprint density at radius 1 is 1.29 bits per heavy atom. The molecule has 0 bridgehead atoms. The molecule has 5 nitrogen and oxygen atoms in total. The van der Waals surface area contributed by atoms with Gasteiger partial charge < -0.3 is 14.8 Å². The van der Waals surface area contributed by atoms with E-state index in [1.807, 2.05) is 32.0 Å². The fourth-order valence-corrected chi connectivity index (χ4v) is 3.01. The Bertz CT molecular complexity index is 974. The highest BCUT2D eigenvalue weighted by Crippen LogP contribution is 2.37. The molecule has 2 aromatic carbocycles. The van der Waals surface area contributed by atoms with E-state index in [0.717, 1.165) is 11.1 Å². The standard InChI is InChI=1S/C22H21BrN2O3/c1-5-8-28-21-19(23)11-16(12-20(21)27-4)10-17(13-24)22(26)25-18-7-6-14(2)15(3)9-18/h5-7,9-12H,1,8H2,2-4H3,(H,25,26)/b17-10+. The van der Waals surface area contributed by atoms with E-state index in [2.05, 4.69) is 27.8 Å². The zero-order chi connectivity index (χ0) is 20.7. The van der Waals surface area contributed by atoms with Crippen molar-refractivity contribution in [1.29, 1.82) is 5.26 Å². The van der Waals surface area contributed by atoms with Crippen LogP contribution in [0.5, 0.6) is 11.5 Å². The molecule has 1 N–H and O–H groups in total. The summed E-state index contributed by atoms with van der Waals surface area (Å²) in [5, 5.41) is 12.2. The Labute approximate surface area is 173 Å². The molecule has 0 unspecified atom stereocenters. The molecule has 0 fully saturated rings. The number of hydrogen-bond acceptors (Lipinski definition) is 4. The number of benzene rings is 2. The van der Waals surface area contributed by atoms with Crippen LogP contribution >= 0.6 is 15.9 Å². The Morgan fingerprint density at radius 2 is 2.04 bits per heavy atom. The minimum Gasteiger partial charge on any atom is -0.493 e. The van der Waals surface area contributed by atoms with Crippen LogP contribution in [0.4, 0.5) is 5.69 Å². The van der Waals surface area contributed by atoms with E-state index in [4.69, 9.17) is 9.47 Å². The number of rotatable bonds is 7. The van der Waals surface area contributed by atoms with Crippen molar-refractivity contribution >= 4 is 33.6 Å². The second-order valence-electron chi connectivity index (χ2n) is 6.06. The first kappa shape index (κ1) is 21.3. The van der Waals surface area contributed by atoms with Crippen LogP contribution in [0.1, 0.15) is 16.7 Å². The van der Waals surface area contributed by atoms with Gasteiger partial charge in [0.1, 0.15) is 18.2 Å². The van der Waals surface area contributed by atoms with Crippen LogP contribution in [0.2, 0.25) is 0 Å². The lowest BCUT2D eigenvalue weighted by Crippen LogP contribution is -2.13. The molecule has 0 radical (unpaired) electrons. The second-order valence-corrected chi connectivity index (χ2v) is 6.91. The molecule has 1 amide bonds. The number of hydrogen-bond donors (Lipinski definition) is 1. The Hall–Kier alpha value is -3.04. The number of nitrogens with one attached hydrogen (secondary N) is 1. The number of ether oxygens (including phenoxy) is 2. The number of halogens is 1. The van der Waals surface area contributed by atoms with Gasteiger partial charge in [-0.1, -0.05) is 18.7 Å². The largest absolute Gasteiger partial charge is 0.493 e. The summed E-state index contributed by atoms with van der Waals surface area (Å²) in [6.45, 7) is 7.91. The minimum atomic E-state index is -0.479. The van der Waals surface area contributed by atoms with Crippen molar-refractivity contribution in [3.8, 4) is 17.6 Å². The molecule has 0 spiro atoms. The van der Waals surface area contributed by atoms with Crippen molar-refractivity contribution in [3.63, 3.8) is 0 Å². The topological polar surface area (TPSA) is 71.3 Å². The van der Waals surface area contributed by atoms with Crippen LogP contribution in [-0.4, -0.2) is 19.6 Å². The van der Waals surface area contributed by atoms with Gasteiger partial charge in [0, 0.05) is 5.69 Å². The first-order valence-corrected chi connectivity index (χ1v) is 9.30. The van der Waals surface area contributed by atoms with E-state index in [1.54, 1.807) is 24.3 Å². The summed E-state index contributed by atoms with van der Waals surface area (Å²) in [5.74, 6) is 0.528. The summed E-state index contributed by atoms with van der Waals surface area (Å²) in [6, 6.07) is 11.0. The molecule has 0 aliphatic heterocycles. The van der Waals surface area contributed by atoms with Crippen LogP contribution in [0, 0.1) is 25.2 Å². The van der Waals surface area contributed by atoms with Gasteiger partial charge in [-0.05, 0) is 76.8 Å². The fraction of sp³-hybridized carbons (Fsp3) is 0.182. The van der Waals surface area contributed by atoms with E-state index < -0.39 is 5.91 Å². The van der Waals surface area contributed by atoms with Gasteiger partial charge in [0.25, 0.3) is 5.91 Å². The van der Waals surface area contributed by atoms with E-state index >= 15 is 0 Å². The van der Waals surface area contributed by atoms with Gasteiger partial charge in [-0.25, -0.2) is 0 Å². The first-order valence-electron chi connectivity index (χ1n) is 8.51. The number of carbonyl (C=O) groups is 1. The predicted octanol–water partition coefficient (Wildman–Crippen LogP) is 5.19.